The zero-order valence-electron chi connectivity index (χ0n) is 12.7. The molecule has 3 N–H and O–H groups in total. The van der Waals surface area contributed by atoms with Gasteiger partial charge in [0.05, 0.1) is 6.04 Å². The summed E-state index contributed by atoms with van der Waals surface area (Å²) >= 11 is 0. The summed E-state index contributed by atoms with van der Waals surface area (Å²) in [5.74, 6) is 0.418. The molecule has 0 aromatic heterocycles. The lowest BCUT2D eigenvalue weighted by Crippen LogP contribution is -2.40. The van der Waals surface area contributed by atoms with Crippen LogP contribution < -0.4 is 11.1 Å². The maximum absolute atomic E-state index is 11.8. The Morgan fingerprint density at radius 1 is 1.30 bits per heavy atom. The van der Waals surface area contributed by atoms with Crippen molar-refractivity contribution in [3.63, 3.8) is 0 Å². The van der Waals surface area contributed by atoms with Crippen LogP contribution in [0.2, 0.25) is 0 Å². The maximum atomic E-state index is 11.8. The molecule has 0 aliphatic rings. The van der Waals surface area contributed by atoms with Crippen LogP contribution in [0.1, 0.15) is 43.7 Å². The number of hydrogen-bond acceptors (Lipinski definition) is 3. The third-order valence-electron chi connectivity index (χ3n) is 3.31. The van der Waals surface area contributed by atoms with Gasteiger partial charge in [-0.15, -0.1) is 0 Å². The van der Waals surface area contributed by atoms with Gasteiger partial charge in [-0.05, 0) is 29.9 Å². The molecule has 20 heavy (non-hydrogen) atoms. The van der Waals surface area contributed by atoms with Crippen LogP contribution in [-0.2, 0) is 16.1 Å². The van der Waals surface area contributed by atoms with Gasteiger partial charge in [-0.2, -0.15) is 0 Å². The van der Waals surface area contributed by atoms with Gasteiger partial charge in [0.2, 0.25) is 5.91 Å². The number of carbonyl (C=O) groups is 1. The van der Waals surface area contributed by atoms with Crippen LogP contribution in [0.4, 0.5) is 0 Å². The van der Waals surface area contributed by atoms with E-state index in [2.05, 4.69) is 31.3 Å². The van der Waals surface area contributed by atoms with Crippen molar-refractivity contribution in [1.82, 2.24) is 5.32 Å². The molecule has 4 nitrogen and oxygen atoms in total. The molecule has 1 amide bonds. The zero-order chi connectivity index (χ0) is 15.0. The molecule has 0 aliphatic carbocycles. The smallest absolute Gasteiger partial charge is 0.237 e. The molecule has 0 heterocycles. The maximum Gasteiger partial charge on any atom is 0.237 e. The first-order chi connectivity index (χ1) is 9.54. The minimum Gasteiger partial charge on any atom is -0.385 e. The summed E-state index contributed by atoms with van der Waals surface area (Å²) in [6, 6.07) is 7.84. The van der Waals surface area contributed by atoms with Crippen LogP contribution in [0.3, 0.4) is 0 Å². The number of carbonyl (C=O) groups excluding carboxylic acids is 1. The van der Waals surface area contributed by atoms with Crippen molar-refractivity contribution in [2.75, 3.05) is 13.7 Å². The Morgan fingerprint density at radius 3 is 2.50 bits per heavy atom. The highest BCUT2D eigenvalue weighted by Crippen LogP contribution is 2.14. The summed E-state index contributed by atoms with van der Waals surface area (Å²) in [7, 11) is 1.65. The number of rotatable bonds is 8. The lowest BCUT2D eigenvalue weighted by Gasteiger charge is -2.12. The zero-order valence-corrected chi connectivity index (χ0v) is 12.7. The fourth-order valence-corrected chi connectivity index (χ4v) is 1.92. The standard InChI is InChI=1S/C16H26N2O2/c1-12(2)14-8-6-13(7-9-14)11-18-16(19)15(17)5-4-10-20-3/h6-9,12,15H,4-5,10-11,17H2,1-3H3,(H,18,19). The number of benzene rings is 1. The normalized spacial score (nSPS) is 12.4. The molecular formula is C16H26N2O2. The van der Waals surface area contributed by atoms with Crippen LogP contribution in [0.15, 0.2) is 24.3 Å². The Labute approximate surface area is 121 Å². The molecule has 4 heteroatoms. The Kier molecular flexibility index (Phi) is 7.26. The second-order valence-electron chi connectivity index (χ2n) is 5.36. The minimum absolute atomic E-state index is 0.103. The van der Waals surface area contributed by atoms with Gasteiger partial charge in [0.1, 0.15) is 0 Å². The van der Waals surface area contributed by atoms with E-state index in [-0.39, 0.29) is 5.91 Å². The third-order valence-corrected chi connectivity index (χ3v) is 3.31. The number of hydrogen-bond donors (Lipinski definition) is 2. The van der Waals surface area contributed by atoms with Gasteiger partial charge in [-0.25, -0.2) is 0 Å². The fourth-order valence-electron chi connectivity index (χ4n) is 1.92. The summed E-state index contributed by atoms with van der Waals surface area (Å²) in [5, 5.41) is 2.87. The molecular weight excluding hydrogens is 252 g/mol. The first-order valence-electron chi connectivity index (χ1n) is 7.15. The minimum atomic E-state index is -0.458. The van der Waals surface area contributed by atoms with E-state index in [0.717, 1.165) is 12.0 Å². The topological polar surface area (TPSA) is 64.3 Å². The van der Waals surface area contributed by atoms with Crippen LogP contribution >= 0.6 is 0 Å². The molecule has 1 unspecified atom stereocenters. The Morgan fingerprint density at radius 2 is 1.95 bits per heavy atom. The highest BCUT2D eigenvalue weighted by Gasteiger charge is 2.12. The molecule has 1 aromatic carbocycles. The van der Waals surface area contributed by atoms with E-state index in [4.69, 9.17) is 10.5 Å². The van der Waals surface area contributed by atoms with Crippen molar-refractivity contribution in [1.29, 1.82) is 0 Å². The number of amides is 1. The monoisotopic (exact) mass is 278 g/mol. The van der Waals surface area contributed by atoms with Crippen LogP contribution in [0.25, 0.3) is 0 Å². The predicted molar refractivity (Wildman–Crippen MR) is 81.5 cm³/mol. The first kappa shape index (κ1) is 16.7. The number of methoxy groups -OCH3 is 1. The van der Waals surface area contributed by atoms with Crippen molar-refractivity contribution < 1.29 is 9.53 Å². The van der Waals surface area contributed by atoms with E-state index in [0.29, 0.717) is 25.5 Å². The van der Waals surface area contributed by atoms with Gasteiger partial charge < -0.3 is 15.8 Å². The average Bonchev–Trinajstić information content (AvgIpc) is 2.45. The van der Waals surface area contributed by atoms with Gasteiger partial charge in [0, 0.05) is 20.3 Å². The van der Waals surface area contributed by atoms with E-state index in [1.165, 1.54) is 5.56 Å². The van der Waals surface area contributed by atoms with E-state index in [1.807, 2.05) is 12.1 Å². The number of nitrogens with two attached hydrogens (primary N) is 1. The summed E-state index contributed by atoms with van der Waals surface area (Å²) in [5.41, 5.74) is 8.21. The Bertz CT molecular complexity index is 401. The molecule has 1 atom stereocenters. The molecule has 112 valence electrons. The van der Waals surface area contributed by atoms with E-state index in [9.17, 15) is 4.79 Å². The van der Waals surface area contributed by atoms with E-state index < -0.39 is 6.04 Å². The van der Waals surface area contributed by atoms with Crippen LogP contribution in [0, 0.1) is 0 Å². The van der Waals surface area contributed by atoms with E-state index in [1.54, 1.807) is 7.11 Å². The molecule has 0 radical (unpaired) electrons. The van der Waals surface area contributed by atoms with Gasteiger partial charge in [0.25, 0.3) is 0 Å². The molecule has 0 saturated carbocycles. The molecule has 0 aliphatic heterocycles. The second-order valence-corrected chi connectivity index (χ2v) is 5.36. The molecule has 0 saturated heterocycles. The highest BCUT2D eigenvalue weighted by molar-refractivity contribution is 5.81. The lowest BCUT2D eigenvalue weighted by atomic mass is 10.0. The summed E-state index contributed by atoms with van der Waals surface area (Å²) < 4.78 is 4.94. The van der Waals surface area contributed by atoms with Gasteiger partial charge in [-0.3, -0.25) is 4.79 Å². The van der Waals surface area contributed by atoms with Gasteiger partial charge in [0.15, 0.2) is 0 Å². The fraction of sp³-hybridized carbons (Fsp3) is 0.562. The van der Waals surface area contributed by atoms with E-state index >= 15 is 0 Å². The molecule has 0 fully saturated rings. The largest absolute Gasteiger partial charge is 0.385 e. The molecule has 0 spiro atoms. The Hall–Kier alpha value is -1.39. The molecule has 1 aromatic rings. The predicted octanol–water partition coefficient (Wildman–Crippen LogP) is 2.18. The number of nitrogens with one attached hydrogen (secondary N) is 1. The van der Waals surface area contributed by atoms with Crippen molar-refractivity contribution in [2.45, 2.75) is 45.2 Å². The first-order valence-corrected chi connectivity index (χ1v) is 7.15. The van der Waals surface area contributed by atoms with Crippen LogP contribution in [-0.4, -0.2) is 25.7 Å². The van der Waals surface area contributed by atoms with Crippen molar-refractivity contribution in [2.24, 2.45) is 5.73 Å². The lowest BCUT2D eigenvalue weighted by molar-refractivity contribution is -0.122. The van der Waals surface area contributed by atoms with Gasteiger partial charge >= 0.3 is 0 Å². The molecule has 0 bridgehead atoms. The number of ether oxygens (including phenoxy) is 1. The van der Waals surface area contributed by atoms with Crippen molar-refractivity contribution in [3.05, 3.63) is 35.4 Å². The second kappa shape index (κ2) is 8.72. The Balaban J connectivity index is 2.36. The SMILES string of the molecule is COCCCC(N)C(=O)NCc1ccc(C(C)C)cc1. The van der Waals surface area contributed by atoms with Crippen molar-refractivity contribution in [3.8, 4) is 0 Å². The van der Waals surface area contributed by atoms with Crippen molar-refractivity contribution >= 4 is 5.91 Å². The molecule has 1 rings (SSSR count). The van der Waals surface area contributed by atoms with Crippen LogP contribution in [0.5, 0.6) is 0 Å². The summed E-state index contributed by atoms with van der Waals surface area (Å²) in [4.78, 5) is 11.8. The third kappa shape index (κ3) is 5.72. The average molecular weight is 278 g/mol. The summed E-state index contributed by atoms with van der Waals surface area (Å²) in [6.45, 7) is 5.48. The quantitative estimate of drug-likeness (QED) is 0.716. The summed E-state index contributed by atoms with van der Waals surface area (Å²) in [6.07, 6.45) is 1.44. The highest BCUT2D eigenvalue weighted by atomic mass is 16.5. The van der Waals surface area contributed by atoms with Gasteiger partial charge in [-0.1, -0.05) is 38.1 Å².